The first-order chi connectivity index (χ1) is 4.20. The molecule has 0 fully saturated rings. The van der Waals surface area contributed by atoms with Gasteiger partial charge in [0.1, 0.15) is 0 Å². The van der Waals surface area contributed by atoms with Gasteiger partial charge in [0.15, 0.2) is 0 Å². The van der Waals surface area contributed by atoms with Crippen molar-refractivity contribution in [2.45, 2.75) is 26.7 Å². The van der Waals surface area contributed by atoms with E-state index in [-0.39, 0.29) is 5.83 Å². The van der Waals surface area contributed by atoms with Gasteiger partial charge in [-0.05, 0) is 13.3 Å². The van der Waals surface area contributed by atoms with Crippen molar-refractivity contribution in [3.05, 3.63) is 24.1 Å². The highest BCUT2D eigenvalue weighted by Gasteiger charge is 1.93. The molecule has 0 aliphatic carbocycles. The van der Waals surface area contributed by atoms with Crippen LogP contribution in [0.1, 0.15) is 26.7 Å². The molecule has 0 saturated carbocycles. The maximum Gasteiger partial charge on any atom is 0.0968 e. The summed E-state index contributed by atoms with van der Waals surface area (Å²) in [4.78, 5) is 0. The van der Waals surface area contributed by atoms with Gasteiger partial charge in [-0.1, -0.05) is 25.2 Å². The topological polar surface area (TPSA) is 0 Å². The second-order valence-electron chi connectivity index (χ2n) is 1.99. The van der Waals surface area contributed by atoms with Crippen LogP contribution in [0.15, 0.2) is 24.1 Å². The lowest BCUT2D eigenvalue weighted by atomic mass is 10.1. The Morgan fingerprint density at radius 2 is 2.22 bits per heavy atom. The zero-order valence-corrected chi connectivity index (χ0v) is 6.08. The Morgan fingerprint density at radius 3 is 2.33 bits per heavy atom. The molecule has 0 aliphatic rings. The van der Waals surface area contributed by atoms with Crippen LogP contribution in [-0.4, -0.2) is 0 Å². The molecule has 0 heterocycles. The Kier molecular flexibility index (Phi) is 4.02. The van der Waals surface area contributed by atoms with Gasteiger partial charge in [0.05, 0.1) is 5.83 Å². The normalized spacial score (nSPS) is 11.7. The van der Waals surface area contributed by atoms with Gasteiger partial charge in [-0.2, -0.15) is 0 Å². The van der Waals surface area contributed by atoms with Crippen LogP contribution in [0.3, 0.4) is 0 Å². The minimum atomic E-state index is -0.245. The Bertz CT molecular complexity index is 123. The fourth-order valence-electron chi connectivity index (χ4n) is 0.678. The van der Waals surface area contributed by atoms with Gasteiger partial charge in [0.25, 0.3) is 0 Å². The van der Waals surface area contributed by atoms with E-state index in [9.17, 15) is 4.39 Å². The Balaban J connectivity index is 3.71. The number of allylic oxidation sites excluding steroid dienone is 3. The van der Waals surface area contributed by atoms with E-state index in [1.807, 2.05) is 19.9 Å². The third kappa shape index (κ3) is 3.95. The fraction of sp³-hybridized carbons (Fsp3) is 0.500. The van der Waals surface area contributed by atoms with E-state index < -0.39 is 0 Å². The molecule has 1 heteroatoms. The summed E-state index contributed by atoms with van der Waals surface area (Å²) in [6.45, 7) is 7.11. The lowest BCUT2D eigenvalue weighted by Gasteiger charge is -1.98. The van der Waals surface area contributed by atoms with E-state index in [0.717, 1.165) is 12.0 Å². The minimum absolute atomic E-state index is 0.245. The van der Waals surface area contributed by atoms with Crippen LogP contribution in [0.4, 0.5) is 4.39 Å². The van der Waals surface area contributed by atoms with Gasteiger partial charge >= 0.3 is 0 Å². The molecule has 0 aromatic carbocycles. The van der Waals surface area contributed by atoms with Crippen molar-refractivity contribution >= 4 is 0 Å². The van der Waals surface area contributed by atoms with E-state index in [2.05, 4.69) is 6.58 Å². The molecule has 0 N–H and O–H groups in total. The van der Waals surface area contributed by atoms with E-state index >= 15 is 0 Å². The Hall–Kier alpha value is -0.590. The Labute approximate surface area is 56.1 Å². The minimum Gasteiger partial charge on any atom is -0.212 e. The highest BCUT2D eigenvalue weighted by Crippen LogP contribution is 2.12. The molecule has 0 aromatic rings. The monoisotopic (exact) mass is 128 g/mol. The van der Waals surface area contributed by atoms with E-state index in [1.54, 1.807) is 0 Å². The lowest BCUT2D eigenvalue weighted by Crippen LogP contribution is -1.79. The first-order valence-electron chi connectivity index (χ1n) is 3.18. The highest BCUT2D eigenvalue weighted by atomic mass is 19.1. The molecule has 0 saturated heterocycles. The largest absolute Gasteiger partial charge is 0.212 e. The molecular formula is C8H13F. The second-order valence-corrected chi connectivity index (χ2v) is 1.99. The summed E-state index contributed by atoms with van der Waals surface area (Å²) in [7, 11) is 0. The maximum absolute atomic E-state index is 12.1. The first kappa shape index (κ1) is 8.41. The summed E-state index contributed by atoms with van der Waals surface area (Å²) in [5, 5.41) is 0. The Morgan fingerprint density at radius 1 is 1.67 bits per heavy atom. The van der Waals surface area contributed by atoms with Gasteiger partial charge in [-0.3, -0.25) is 0 Å². The van der Waals surface area contributed by atoms with Crippen molar-refractivity contribution in [2.75, 3.05) is 0 Å². The van der Waals surface area contributed by atoms with E-state index in [0.29, 0.717) is 6.42 Å². The van der Waals surface area contributed by atoms with Gasteiger partial charge in [-0.25, -0.2) is 4.39 Å². The quantitative estimate of drug-likeness (QED) is 0.512. The van der Waals surface area contributed by atoms with Gasteiger partial charge in [0.2, 0.25) is 0 Å². The molecule has 0 spiro atoms. The predicted octanol–water partition coefficient (Wildman–Crippen LogP) is 3.22. The van der Waals surface area contributed by atoms with E-state index in [1.165, 1.54) is 0 Å². The van der Waals surface area contributed by atoms with Crippen molar-refractivity contribution in [3.63, 3.8) is 0 Å². The second kappa shape index (κ2) is 4.30. The highest BCUT2D eigenvalue weighted by molar-refractivity contribution is 5.06. The van der Waals surface area contributed by atoms with Crippen LogP contribution in [0, 0.1) is 0 Å². The molecule has 0 amide bonds. The third-order valence-electron chi connectivity index (χ3n) is 1.28. The van der Waals surface area contributed by atoms with Crippen molar-refractivity contribution in [1.29, 1.82) is 0 Å². The summed E-state index contributed by atoms with van der Waals surface area (Å²) in [6, 6.07) is 0. The molecular weight excluding hydrogens is 115 g/mol. The average Bonchev–Trinajstić information content (AvgIpc) is 1.82. The van der Waals surface area contributed by atoms with Crippen molar-refractivity contribution < 1.29 is 4.39 Å². The van der Waals surface area contributed by atoms with Crippen molar-refractivity contribution in [3.8, 4) is 0 Å². The standard InChI is InChI=1S/C8H13F/c1-4-8(5-2)6-7(3)9/h4H,3,5-6H2,1-2H3/b8-4-. The van der Waals surface area contributed by atoms with Crippen LogP contribution in [0.2, 0.25) is 0 Å². The summed E-state index contributed by atoms with van der Waals surface area (Å²) in [5.74, 6) is -0.245. The number of rotatable bonds is 3. The summed E-state index contributed by atoms with van der Waals surface area (Å²) >= 11 is 0. The SMILES string of the molecule is C=C(F)C/C(=C\C)CC. The zero-order valence-electron chi connectivity index (χ0n) is 6.08. The van der Waals surface area contributed by atoms with Crippen molar-refractivity contribution in [1.82, 2.24) is 0 Å². The van der Waals surface area contributed by atoms with Gasteiger partial charge < -0.3 is 0 Å². The average molecular weight is 128 g/mol. The van der Waals surface area contributed by atoms with E-state index in [4.69, 9.17) is 0 Å². The first-order valence-corrected chi connectivity index (χ1v) is 3.18. The molecule has 0 rings (SSSR count). The molecule has 0 nitrogen and oxygen atoms in total. The zero-order chi connectivity index (χ0) is 7.28. The molecule has 0 radical (unpaired) electrons. The van der Waals surface area contributed by atoms with Crippen LogP contribution in [-0.2, 0) is 0 Å². The smallest absolute Gasteiger partial charge is 0.0968 e. The molecule has 0 atom stereocenters. The molecule has 52 valence electrons. The number of hydrogen-bond donors (Lipinski definition) is 0. The number of hydrogen-bond acceptors (Lipinski definition) is 0. The van der Waals surface area contributed by atoms with Crippen LogP contribution in [0.25, 0.3) is 0 Å². The maximum atomic E-state index is 12.1. The molecule has 0 unspecified atom stereocenters. The van der Waals surface area contributed by atoms with Crippen LogP contribution < -0.4 is 0 Å². The van der Waals surface area contributed by atoms with Crippen molar-refractivity contribution in [2.24, 2.45) is 0 Å². The van der Waals surface area contributed by atoms with Gasteiger partial charge in [0, 0.05) is 6.42 Å². The molecule has 9 heavy (non-hydrogen) atoms. The summed E-state index contributed by atoms with van der Waals surface area (Å²) in [6.07, 6.45) is 3.26. The third-order valence-corrected chi connectivity index (χ3v) is 1.28. The molecule has 0 aromatic heterocycles. The van der Waals surface area contributed by atoms with Gasteiger partial charge in [-0.15, -0.1) is 0 Å². The summed E-state index contributed by atoms with van der Waals surface area (Å²) in [5.41, 5.74) is 1.11. The summed E-state index contributed by atoms with van der Waals surface area (Å²) < 4.78 is 12.1. The van der Waals surface area contributed by atoms with Crippen LogP contribution >= 0.6 is 0 Å². The predicted molar refractivity (Wildman–Crippen MR) is 38.9 cm³/mol. The lowest BCUT2D eigenvalue weighted by molar-refractivity contribution is 0.611. The molecule has 0 bridgehead atoms. The molecule has 0 aliphatic heterocycles. The van der Waals surface area contributed by atoms with Crippen LogP contribution in [0.5, 0.6) is 0 Å². The number of halogens is 1. The fourth-order valence-corrected chi connectivity index (χ4v) is 0.678.